The molecule has 1 aliphatic heterocycles. The summed E-state index contributed by atoms with van der Waals surface area (Å²) in [7, 11) is 3.96. The van der Waals surface area contributed by atoms with E-state index < -0.39 is 0 Å². The van der Waals surface area contributed by atoms with Gasteiger partial charge in [-0.15, -0.1) is 0 Å². The van der Waals surface area contributed by atoms with E-state index in [9.17, 15) is 0 Å². The lowest BCUT2D eigenvalue weighted by Crippen LogP contribution is -2.36. The van der Waals surface area contributed by atoms with E-state index in [1.807, 2.05) is 7.05 Å². The van der Waals surface area contributed by atoms with Crippen LogP contribution in [0.1, 0.15) is 18.7 Å². The molecule has 0 saturated carbocycles. The molecule has 2 aromatic rings. The first kappa shape index (κ1) is 14.2. The molecule has 0 aliphatic carbocycles. The Morgan fingerprint density at radius 1 is 1.43 bits per heavy atom. The maximum absolute atomic E-state index is 5.56. The fourth-order valence-corrected chi connectivity index (χ4v) is 2.73. The average molecular weight is 291 g/mol. The molecule has 0 unspecified atom stereocenters. The van der Waals surface area contributed by atoms with Crippen molar-refractivity contribution in [3.63, 3.8) is 0 Å². The standard InChI is InChI=1S/C13H21N7O/c1-19(9-3-5-21-6-4-9)8-11-16-12(18-14)10-7-15-20(2)13(10)17-11/h7,9H,3-6,8,14H2,1-2H3,(H,16,17,18). The summed E-state index contributed by atoms with van der Waals surface area (Å²) in [5.41, 5.74) is 3.42. The van der Waals surface area contributed by atoms with Crippen LogP contribution in [0, 0.1) is 0 Å². The Hall–Kier alpha value is -1.77. The largest absolute Gasteiger partial charge is 0.381 e. The van der Waals surface area contributed by atoms with Crippen molar-refractivity contribution in [3.8, 4) is 0 Å². The van der Waals surface area contributed by atoms with Crippen molar-refractivity contribution >= 4 is 16.9 Å². The number of nitrogens with zero attached hydrogens (tertiary/aromatic N) is 5. The summed E-state index contributed by atoms with van der Waals surface area (Å²) in [5.74, 6) is 6.92. The lowest BCUT2D eigenvalue weighted by atomic mass is 10.1. The first-order valence-electron chi connectivity index (χ1n) is 7.12. The minimum absolute atomic E-state index is 0.513. The lowest BCUT2D eigenvalue weighted by molar-refractivity contribution is 0.0399. The highest BCUT2D eigenvalue weighted by molar-refractivity contribution is 5.86. The van der Waals surface area contributed by atoms with E-state index in [0.717, 1.165) is 42.9 Å². The van der Waals surface area contributed by atoms with Crippen LogP contribution < -0.4 is 11.3 Å². The summed E-state index contributed by atoms with van der Waals surface area (Å²) in [4.78, 5) is 11.4. The van der Waals surface area contributed by atoms with Crippen molar-refractivity contribution < 1.29 is 4.74 Å². The molecule has 3 N–H and O–H groups in total. The molecule has 3 rings (SSSR count). The van der Waals surface area contributed by atoms with Crippen LogP contribution in [0.25, 0.3) is 11.0 Å². The second-order valence-electron chi connectivity index (χ2n) is 5.40. The normalized spacial score (nSPS) is 16.8. The van der Waals surface area contributed by atoms with Crippen LogP contribution in [0.2, 0.25) is 0 Å². The number of fused-ring (bicyclic) bond motifs is 1. The molecule has 0 atom stereocenters. The number of hydrazine groups is 1. The highest BCUT2D eigenvalue weighted by atomic mass is 16.5. The zero-order valence-electron chi connectivity index (χ0n) is 12.4. The fraction of sp³-hybridized carbons (Fsp3) is 0.615. The van der Waals surface area contributed by atoms with Crippen LogP contribution in [0.5, 0.6) is 0 Å². The Morgan fingerprint density at radius 2 is 2.19 bits per heavy atom. The Bertz CT molecular complexity index is 620. The van der Waals surface area contributed by atoms with Gasteiger partial charge in [-0.25, -0.2) is 15.8 Å². The number of hydrogen-bond acceptors (Lipinski definition) is 7. The minimum atomic E-state index is 0.513. The van der Waals surface area contributed by atoms with E-state index in [1.54, 1.807) is 10.9 Å². The smallest absolute Gasteiger partial charge is 0.163 e. The zero-order valence-corrected chi connectivity index (χ0v) is 12.4. The predicted molar refractivity (Wildman–Crippen MR) is 79.4 cm³/mol. The number of hydrogen-bond donors (Lipinski definition) is 2. The van der Waals surface area contributed by atoms with Gasteiger partial charge >= 0.3 is 0 Å². The lowest BCUT2D eigenvalue weighted by Gasteiger charge is -2.30. The summed E-state index contributed by atoms with van der Waals surface area (Å²) >= 11 is 0. The molecule has 0 bridgehead atoms. The van der Waals surface area contributed by atoms with Crippen molar-refractivity contribution in [2.75, 3.05) is 25.7 Å². The Kier molecular flexibility index (Phi) is 4.00. The SMILES string of the molecule is CN(Cc1nc(NN)c2cnn(C)c2n1)C1CCOCC1. The number of ether oxygens (including phenoxy) is 1. The molecule has 114 valence electrons. The van der Waals surface area contributed by atoms with Crippen molar-refractivity contribution in [3.05, 3.63) is 12.0 Å². The maximum atomic E-state index is 5.56. The van der Waals surface area contributed by atoms with Gasteiger partial charge in [0.05, 0.1) is 18.1 Å². The van der Waals surface area contributed by atoms with Gasteiger partial charge in [0.2, 0.25) is 0 Å². The van der Waals surface area contributed by atoms with E-state index in [4.69, 9.17) is 10.6 Å². The van der Waals surface area contributed by atoms with Crippen molar-refractivity contribution in [2.45, 2.75) is 25.4 Å². The molecule has 0 aromatic carbocycles. The van der Waals surface area contributed by atoms with Crippen LogP contribution in [0.15, 0.2) is 6.20 Å². The number of nitrogen functional groups attached to an aromatic ring is 1. The quantitative estimate of drug-likeness (QED) is 0.616. The number of aryl methyl sites for hydroxylation is 1. The van der Waals surface area contributed by atoms with E-state index in [2.05, 4.69) is 32.4 Å². The van der Waals surface area contributed by atoms with Crippen LogP contribution >= 0.6 is 0 Å². The number of aromatic nitrogens is 4. The average Bonchev–Trinajstić information content (AvgIpc) is 2.89. The molecular formula is C13H21N7O. The maximum Gasteiger partial charge on any atom is 0.163 e. The van der Waals surface area contributed by atoms with Crippen molar-refractivity contribution in [1.82, 2.24) is 24.6 Å². The van der Waals surface area contributed by atoms with Crippen LogP contribution in [0.4, 0.5) is 5.82 Å². The summed E-state index contributed by atoms with van der Waals surface area (Å²) < 4.78 is 7.14. The fourth-order valence-electron chi connectivity index (χ4n) is 2.73. The van der Waals surface area contributed by atoms with Gasteiger partial charge in [0.15, 0.2) is 11.5 Å². The Balaban J connectivity index is 1.84. The van der Waals surface area contributed by atoms with Gasteiger partial charge in [0.25, 0.3) is 0 Å². The molecular weight excluding hydrogens is 270 g/mol. The van der Waals surface area contributed by atoms with Crippen LogP contribution in [-0.4, -0.2) is 51.0 Å². The van der Waals surface area contributed by atoms with E-state index in [0.29, 0.717) is 18.4 Å². The number of anilines is 1. The highest BCUT2D eigenvalue weighted by Crippen LogP contribution is 2.20. The van der Waals surface area contributed by atoms with Gasteiger partial charge in [0, 0.05) is 26.3 Å². The summed E-state index contributed by atoms with van der Waals surface area (Å²) in [5, 5.41) is 5.03. The third-order valence-corrected chi connectivity index (χ3v) is 3.98. The molecule has 3 heterocycles. The minimum Gasteiger partial charge on any atom is -0.381 e. The van der Waals surface area contributed by atoms with Crippen LogP contribution in [0.3, 0.4) is 0 Å². The number of nitrogens with two attached hydrogens (primary N) is 1. The van der Waals surface area contributed by atoms with Gasteiger partial charge in [-0.05, 0) is 19.9 Å². The molecule has 8 nitrogen and oxygen atoms in total. The van der Waals surface area contributed by atoms with Gasteiger partial charge in [0.1, 0.15) is 5.82 Å². The van der Waals surface area contributed by atoms with Gasteiger partial charge in [-0.2, -0.15) is 5.10 Å². The summed E-state index contributed by atoms with van der Waals surface area (Å²) in [6.07, 6.45) is 3.81. The van der Waals surface area contributed by atoms with Gasteiger partial charge < -0.3 is 10.2 Å². The van der Waals surface area contributed by atoms with E-state index in [-0.39, 0.29) is 0 Å². The molecule has 1 fully saturated rings. The topological polar surface area (TPSA) is 94.1 Å². The highest BCUT2D eigenvalue weighted by Gasteiger charge is 2.20. The predicted octanol–water partition coefficient (Wildman–Crippen LogP) is 0.260. The number of nitrogens with one attached hydrogen (secondary N) is 1. The van der Waals surface area contributed by atoms with Crippen molar-refractivity contribution in [2.24, 2.45) is 12.9 Å². The summed E-state index contributed by atoms with van der Waals surface area (Å²) in [6.45, 7) is 2.33. The molecule has 2 aromatic heterocycles. The first-order valence-corrected chi connectivity index (χ1v) is 7.12. The van der Waals surface area contributed by atoms with E-state index in [1.165, 1.54) is 0 Å². The molecule has 8 heteroatoms. The molecule has 0 radical (unpaired) electrons. The van der Waals surface area contributed by atoms with Gasteiger partial charge in [-0.1, -0.05) is 0 Å². The third kappa shape index (κ3) is 2.82. The molecule has 0 amide bonds. The third-order valence-electron chi connectivity index (χ3n) is 3.98. The molecule has 1 aliphatic rings. The van der Waals surface area contributed by atoms with Crippen LogP contribution in [-0.2, 0) is 18.3 Å². The number of rotatable bonds is 4. The Labute approximate surface area is 123 Å². The first-order chi connectivity index (χ1) is 10.2. The monoisotopic (exact) mass is 291 g/mol. The van der Waals surface area contributed by atoms with Crippen molar-refractivity contribution in [1.29, 1.82) is 0 Å². The molecule has 0 spiro atoms. The molecule has 21 heavy (non-hydrogen) atoms. The van der Waals surface area contributed by atoms with Gasteiger partial charge in [-0.3, -0.25) is 9.58 Å². The Morgan fingerprint density at radius 3 is 2.90 bits per heavy atom. The second kappa shape index (κ2) is 5.92. The zero-order chi connectivity index (χ0) is 14.8. The second-order valence-corrected chi connectivity index (χ2v) is 5.40. The molecule has 1 saturated heterocycles. The summed E-state index contributed by atoms with van der Waals surface area (Å²) in [6, 6.07) is 0.513. The van der Waals surface area contributed by atoms with E-state index >= 15 is 0 Å².